The number of halogens is 1. The minimum absolute atomic E-state index is 0. The van der Waals surface area contributed by atoms with E-state index >= 15 is 0 Å². The molecule has 0 N–H and O–H groups in total. The van der Waals surface area contributed by atoms with E-state index in [9.17, 15) is 0 Å². The second-order valence-electron chi connectivity index (χ2n) is 7.98. The van der Waals surface area contributed by atoms with Crippen LogP contribution >= 0.6 is 24.9 Å². The summed E-state index contributed by atoms with van der Waals surface area (Å²) in [7, 11) is -0.473. The fourth-order valence-electron chi connectivity index (χ4n) is 4.14. The number of aromatic nitrogens is 1. The third-order valence-corrected chi connectivity index (χ3v) is 8.43. The van der Waals surface area contributed by atoms with Crippen LogP contribution < -0.4 is 15.9 Å². The Morgan fingerprint density at radius 3 is 1.91 bits per heavy atom. The number of hydrogen-bond acceptors (Lipinski definition) is 1. The van der Waals surface area contributed by atoms with E-state index in [1.165, 1.54) is 26.9 Å². The highest BCUT2D eigenvalue weighted by Gasteiger charge is 2.18. The third-order valence-electron chi connectivity index (χ3n) is 5.89. The maximum absolute atomic E-state index is 8.74. The second-order valence-corrected chi connectivity index (χ2v) is 10.2. The molecule has 5 rings (SSSR count). The van der Waals surface area contributed by atoms with Gasteiger partial charge in [-0.05, 0) is 66.3 Å². The molecule has 176 valence electrons. The standard InChI is InChI=1S/C20H19P.C11H10N2.BrH/c1-2-17-11-9-10-16-20(17)21(18-12-5-3-6-13-18)19-14-7-4-8-15-19;1-2-13-6-5-10-4-3-9(8-12)7-11(10)13;/h3-16H,2H2,1H3;3-7H,2H2,1H3;1H. The van der Waals surface area contributed by atoms with Gasteiger partial charge in [-0.15, -0.1) is 17.0 Å². The first-order valence-corrected chi connectivity index (χ1v) is 13.1. The summed E-state index contributed by atoms with van der Waals surface area (Å²) in [5, 5.41) is 14.2. The Morgan fingerprint density at radius 2 is 1.34 bits per heavy atom. The lowest BCUT2D eigenvalue weighted by atomic mass is 10.2. The fourth-order valence-corrected chi connectivity index (χ4v) is 6.69. The van der Waals surface area contributed by atoms with Crippen LogP contribution in [0.2, 0.25) is 0 Å². The summed E-state index contributed by atoms with van der Waals surface area (Å²) in [6, 6.07) is 40.6. The fraction of sp³-hybridized carbons (Fsp3) is 0.129. The van der Waals surface area contributed by atoms with Gasteiger partial charge in [0.05, 0.1) is 11.6 Å². The summed E-state index contributed by atoms with van der Waals surface area (Å²) in [4.78, 5) is 0. The first kappa shape index (κ1) is 26.4. The zero-order valence-corrected chi connectivity index (χ0v) is 22.7. The van der Waals surface area contributed by atoms with Crippen LogP contribution in [0.15, 0.2) is 115 Å². The quantitative estimate of drug-likeness (QED) is 0.218. The first-order chi connectivity index (χ1) is 16.7. The van der Waals surface area contributed by atoms with Gasteiger partial charge >= 0.3 is 0 Å². The van der Waals surface area contributed by atoms with Crippen molar-refractivity contribution in [1.82, 2.24) is 4.57 Å². The number of rotatable bonds is 5. The zero-order valence-electron chi connectivity index (χ0n) is 20.1. The van der Waals surface area contributed by atoms with Gasteiger partial charge in [0.25, 0.3) is 0 Å². The smallest absolute Gasteiger partial charge is 0.0992 e. The van der Waals surface area contributed by atoms with Gasteiger partial charge in [0.15, 0.2) is 0 Å². The van der Waals surface area contributed by atoms with E-state index in [2.05, 4.69) is 115 Å². The average molecular weight is 541 g/mol. The normalized spacial score (nSPS) is 10.2. The predicted molar refractivity (Wildman–Crippen MR) is 157 cm³/mol. The van der Waals surface area contributed by atoms with Crippen molar-refractivity contribution in [3.63, 3.8) is 0 Å². The van der Waals surface area contributed by atoms with Crippen molar-refractivity contribution in [2.75, 3.05) is 0 Å². The van der Waals surface area contributed by atoms with Gasteiger partial charge < -0.3 is 4.57 Å². The summed E-state index contributed by atoms with van der Waals surface area (Å²) < 4.78 is 2.14. The Morgan fingerprint density at radius 1 is 0.743 bits per heavy atom. The molecule has 5 aromatic rings. The number of fused-ring (bicyclic) bond motifs is 1. The number of nitrogens with zero attached hydrogens (tertiary/aromatic N) is 2. The van der Waals surface area contributed by atoms with Crippen molar-refractivity contribution in [2.24, 2.45) is 0 Å². The SMILES string of the molecule is Br.CCc1ccccc1P(c1ccccc1)c1ccccc1.CCn1ccc2ccc(C#N)cc21. The number of hydrogen-bond donors (Lipinski definition) is 0. The van der Waals surface area contributed by atoms with Gasteiger partial charge in [-0.25, -0.2) is 0 Å². The van der Waals surface area contributed by atoms with Gasteiger partial charge in [-0.3, -0.25) is 0 Å². The topological polar surface area (TPSA) is 28.7 Å². The van der Waals surface area contributed by atoms with Crippen LogP contribution in [-0.2, 0) is 13.0 Å². The predicted octanol–water partition coefficient (Wildman–Crippen LogP) is 7.12. The summed E-state index contributed by atoms with van der Waals surface area (Å²) in [6.45, 7) is 5.28. The molecule has 0 radical (unpaired) electrons. The maximum Gasteiger partial charge on any atom is 0.0992 e. The van der Waals surface area contributed by atoms with Crippen LogP contribution in [0.5, 0.6) is 0 Å². The van der Waals surface area contributed by atoms with Gasteiger partial charge in [-0.1, -0.05) is 97.9 Å². The minimum Gasteiger partial charge on any atom is -0.348 e. The van der Waals surface area contributed by atoms with Crippen LogP contribution in [0, 0.1) is 11.3 Å². The molecule has 0 aliphatic carbocycles. The second kappa shape index (κ2) is 13.1. The van der Waals surface area contributed by atoms with Crippen LogP contribution in [-0.4, -0.2) is 4.57 Å². The van der Waals surface area contributed by atoms with Gasteiger partial charge in [-0.2, -0.15) is 5.26 Å². The molecule has 2 nitrogen and oxygen atoms in total. The van der Waals surface area contributed by atoms with Crippen molar-refractivity contribution in [3.8, 4) is 6.07 Å². The Kier molecular flexibility index (Phi) is 9.86. The molecule has 0 amide bonds. The van der Waals surface area contributed by atoms with E-state index in [1.54, 1.807) is 0 Å². The zero-order chi connectivity index (χ0) is 23.8. The Hall–Kier alpha value is -3.18. The Balaban J connectivity index is 0.000000211. The number of nitriles is 1. The molecule has 0 saturated carbocycles. The molecule has 0 aliphatic rings. The van der Waals surface area contributed by atoms with Crippen molar-refractivity contribution < 1.29 is 0 Å². The van der Waals surface area contributed by atoms with Crippen molar-refractivity contribution in [2.45, 2.75) is 26.8 Å². The molecule has 4 aromatic carbocycles. The third kappa shape index (κ3) is 6.29. The van der Waals surface area contributed by atoms with Crippen molar-refractivity contribution in [1.29, 1.82) is 5.26 Å². The summed E-state index contributed by atoms with van der Waals surface area (Å²) in [5.41, 5.74) is 3.32. The lowest BCUT2D eigenvalue weighted by Crippen LogP contribution is -2.22. The minimum atomic E-state index is -0.473. The van der Waals surface area contributed by atoms with E-state index < -0.39 is 7.92 Å². The largest absolute Gasteiger partial charge is 0.348 e. The van der Waals surface area contributed by atoms with Crippen LogP contribution in [0.1, 0.15) is 25.0 Å². The molecule has 1 aromatic heterocycles. The highest BCUT2D eigenvalue weighted by Crippen LogP contribution is 2.34. The number of benzene rings is 4. The van der Waals surface area contributed by atoms with Crippen LogP contribution in [0.4, 0.5) is 0 Å². The van der Waals surface area contributed by atoms with E-state index in [4.69, 9.17) is 5.26 Å². The van der Waals surface area contributed by atoms with Crippen molar-refractivity contribution in [3.05, 3.63) is 127 Å². The molecular formula is C31H30BrN2P. The van der Waals surface area contributed by atoms with E-state index in [0.717, 1.165) is 24.0 Å². The average Bonchev–Trinajstić information content (AvgIpc) is 3.33. The molecule has 1 heterocycles. The summed E-state index contributed by atoms with van der Waals surface area (Å²) >= 11 is 0. The van der Waals surface area contributed by atoms with Crippen LogP contribution in [0.25, 0.3) is 10.9 Å². The highest BCUT2D eigenvalue weighted by molar-refractivity contribution is 8.93. The molecule has 35 heavy (non-hydrogen) atoms. The summed E-state index contributed by atoms with van der Waals surface area (Å²) in [5.74, 6) is 0. The Labute approximate surface area is 220 Å². The van der Waals surface area contributed by atoms with Crippen LogP contribution in [0.3, 0.4) is 0 Å². The molecule has 0 fully saturated rings. The number of aryl methyl sites for hydroxylation is 2. The maximum atomic E-state index is 8.74. The molecule has 0 aliphatic heterocycles. The molecule has 0 atom stereocenters. The molecule has 0 bridgehead atoms. The van der Waals surface area contributed by atoms with E-state index in [-0.39, 0.29) is 17.0 Å². The monoisotopic (exact) mass is 540 g/mol. The van der Waals surface area contributed by atoms with Crippen molar-refractivity contribution >= 4 is 51.7 Å². The van der Waals surface area contributed by atoms with E-state index in [1.807, 2.05) is 24.4 Å². The lowest BCUT2D eigenvalue weighted by molar-refractivity contribution is 0.797. The Bertz CT molecular complexity index is 1350. The highest BCUT2D eigenvalue weighted by atomic mass is 79.9. The summed E-state index contributed by atoms with van der Waals surface area (Å²) in [6.07, 6.45) is 3.13. The molecule has 0 unspecified atom stereocenters. The molecule has 0 spiro atoms. The lowest BCUT2D eigenvalue weighted by Gasteiger charge is -2.21. The molecule has 4 heteroatoms. The first-order valence-electron chi connectivity index (χ1n) is 11.7. The molecule has 0 saturated heterocycles. The van der Waals surface area contributed by atoms with Gasteiger partial charge in [0, 0.05) is 18.3 Å². The van der Waals surface area contributed by atoms with Gasteiger partial charge in [0.1, 0.15) is 0 Å². The van der Waals surface area contributed by atoms with E-state index in [0.29, 0.717) is 0 Å². The molecular weight excluding hydrogens is 511 g/mol. The van der Waals surface area contributed by atoms with Gasteiger partial charge in [0.2, 0.25) is 0 Å².